The second kappa shape index (κ2) is 5.44. The Hall–Kier alpha value is -0.820. The van der Waals surface area contributed by atoms with Gasteiger partial charge in [0, 0.05) is 11.1 Å². The van der Waals surface area contributed by atoms with Crippen molar-refractivity contribution in [3.05, 3.63) is 27.3 Å². The number of carbonyl (C=O) groups is 1. The number of aromatic hydroxyl groups is 1. The summed E-state index contributed by atoms with van der Waals surface area (Å²) in [5.41, 5.74) is 0.355. The fourth-order valence-electron chi connectivity index (χ4n) is 2.10. The van der Waals surface area contributed by atoms with Gasteiger partial charge in [-0.25, -0.2) is 0 Å². The summed E-state index contributed by atoms with van der Waals surface area (Å²) in [5, 5.41) is 16.0. The molecule has 0 bridgehead atoms. The minimum absolute atomic E-state index is 0.119. The third-order valence-corrected chi connectivity index (χ3v) is 4.24. The van der Waals surface area contributed by atoms with Crippen LogP contribution in [-0.4, -0.2) is 29.6 Å². The summed E-state index contributed by atoms with van der Waals surface area (Å²) in [5.74, 6) is 0.0322. The first-order chi connectivity index (χ1) is 8.50. The quantitative estimate of drug-likeness (QED) is 0.706. The van der Waals surface area contributed by atoms with Crippen LogP contribution in [0.4, 0.5) is 0 Å². The van der Waals surface area contributed by atoms with Crippen molar-refractivity contribution in [1.29, 1.82) is 0 Å². The highest BCUT2D eigenvalue weighted by Crippen LogP contribution is 2.22. The van der Waals surface area contributed by atoms with Gasteiger partial charge in [-0.2, -0.15) is 0 Å². The first-order valence-corrected chi connectivity index (χ1v) is 7.10. The summed E-state index contributed by atoms with van der Waals surface area (Å²) < 4.78 is 0.747. The molecule has 1 aromatic carbocycles. The smallest absolute Gasteiger partial charge is 0.251 e. The molecule has 2 rings (SSSR count). The molecule has 5 heteroatoms. The molecule has 0 aliphatic carbocycles. The summed E-state index contributed by atoms with van der Waals surface area (Å²) >= 11 is 2.03. The lowest BCUT2D eigenvalue weighted by atomic mass is 9.90. The topological polar surface area (TPSA) is 61.4 Å². The van der Waals surface area contributed by atoms with Crippen molar-refractivity contribution in [2.75, 3.05) is 13.1 Å². The van der Waals surface area contributed by atoms with E-state index in [4.69, 9.17) is 0 Å². The van der Waals surface area contributed by atoms with Gasteiger partial charge < -0.3 is 15.7 Å². The highest BCUT2D eigenvalue weighted by atomic mass is 127. The average molecular weight is 360 g/mol. The number of benzene rings is 1. The van der Waals surface area contributed by atoms with E-state index in [1.54, 1.807) is 12.1 Å². The van der Waals surface area contributed by atoms with Crippen LogP contribution in [0.1, 0.15) is 30.1 Å². The van der Waals surface area contributed by atoms with Crippen molar-refractivity contribution < 1.29 is 9.90 Å². The van der Waals surface area contributed by atoms with E-state index < -0.39 is 0 Å². The van der Waals surface area contributed by atoms with Gasteiger partial charge in [-0.1, -0.05) is 0 Å². The lowest BCUT2D eigenvalue weighted by Gasteiger charge is -2.35. The number of amides is 1. The Morgan fingerprint density at radius 1 is 1.44 bits per heavy atom. The SMILES string of the molecule is CC1(NC(=O)c2ccc(I)c(O)c2)CCNCC1. The standard InChI is InChI=1S/C13H17IN2O2/c1-13(4-6-15-7-5-13)16-12(18)9-2-3-10(14)11(17)8-9/h2-3,8,15,17H,4-7H2,1H3,(H,16,18). The lowest BCUT2D eigenvalue weighted by Crippen LogP contribution is -2.52. The molecule has 0 atom stereocenters. The Bertz CT molecular complexity index is 456. The van der Waals surface area contributed by atoms with E-state index in [0.717, 1.165) is 29.5 Å². The number of piperidine rings is 1. The van der Waals surface area contributed by atoms with Gasteiger partial charge in [-0.3, -0.25) is 4.79 Å². The van der Waals surface area contributed by atoms with Crippen LogP contribution in [0.3, 0.4) is 0 Å². The Morgan fingerprint density at radius 2 is 2.11 bits per heavy atom. The van der Waals surface area contributed by atoms with Crippen LogP contribution in [0.5, 0.6) is 5.75 Å². The van der Waals surface area contributed by atoms with Crippen LogP contribution in [0.25, 0.3) is 0 Å². The van der Waals surface area contributed by atoms with E-state index in [9.17, 15) is 9.90 Å². The molecule has 0 aromatic heterocycles. The zero-order valence-corrected chi connectivity index (χ0v) is 12.5. The van der Waals surface area contributed by atoms with E-state index in [2.05, 4.69) is 17.6 Å². The Labute approximate surface area is 120 Å². The van der Waals surface area contributed by atoms with Gasteiger partial charge in [0.2, 0.25) is 0 Å². The highest BCUT2D eigenvalue weighted by molar-refractivity contribution is 14.1. The maximum absolute atomic E-state index is 12.1. The van der Waals surface area contributed by atoms with Gasteiger partial charge in [0.1, 0.15) is 5.75 Å². The van der Waals surface area contributed by atoms with Gasteiger partial charge in [-0.05, 0) is 73.6 Å². The largest absolute Gasteiger partial charge is 0.507 e. The third kappa shape index (κ3) is 3.14. The molecule has 98 valence electrons. The first-order valence-electron chi connectivity index (χ1n) is 6.02. The molecule has 0 unspecified atom stereocenters. The van der Waals surface area contributed by atoms with Gasteiger partial charge in [0.25, 0.3) is 5.91 Å². The first kappa shape index (κ1) is 13.6. The lowest BCUT2D eigenvalue weighted by molar-refractivity contribution is 0.0887. The van der Waals surface area contributed by atoms with Gasteiger partial charge in [0.05, 0.1) is 3.57 Å². The van der Waals surface area contributed by atoms with Gasteiger partial charge >= 0.3 is 0 Å². The summed E-state index contributed by atoms with van der Waals surface area (Å²) in [6.45, 7) is 3.92. The highest BCUT2D eigenvalue weighted by Gasteiger charge is 2.28. The zero-order chi connectivity index (χ0) is 13.2. The molecule has 1 aliphatic rings. The molecule has 0 radical (unpaired) electrons. The van der Waals surface area contributed by atoms with Crippen LogP contribution in [0.2, 0.25) is 0 Å². The zero-order valence-electron chi connectivity index (χ0n) is 10.3. The maximum atomic E-state index is 12.1. The van der Waals surface area contributed by atoms with Crippen molar-refractivity contribution in [3.8, 4) is 5.75 Å². The molecule has 0 spiro atoms. The van der Waals surface area contributed by atoms with Crippen molar-refractivity contribution >= 4 is 28.5 Å². The number of nitrogens with one attached hydrogen (secondary N) is 2. The molecule has 1 aromatic rings. The van der Waals surface area contributed by atoms with Crippen LogP contribution < -0.4 is 10.6 Å². The molecule has 0 saturated carbocycles. The molecule has 18 heavy (non-hydrogen) atoms. The summed E-state index contributed by atoms with van der Waals surface area (Å²) in [7, 11) is 0. The second-order valence-electron chi connectivity index (χ2n) is 4.93. The average Bonchev–Trinajstić information content (AvgIpc) is 2.33. The van der Waals surface area contributed by atoms with E-state index in [1.165, 1.54) is 6.07 Å². The number of hydrogen-bond donors (Lipinski definition) is 3. The minimum atomic E-state index is -0.152. The Kier molecular flexibility index (Phi) is 4.11. The third-order valence-electron chi connectivity index (χ3n) is 3.33. The molecule has 1 saturated heterocycles. The van der Waals surface area contributed by atoms with E-state index in [1.807, 2.05) is 22.6 Å². The van der Waals surface area contributed by atoms with Crippen LogP contribution >= 0.6 is 22.6 Å². The molecule has 3 N–H and O–H groups in total. The van der Waals surface area contributed by atoms with Crippen molar-refractivity contribution in [2.45, 2.75) is 25.3 Å². The number of phenolic OH excluding ortho intramolecular Hbond substituents is 1. The maximum Gasteiger partial charge on any atom is 0.251 e. The number of phenols is 1. The Morgan fingerprint density at radius 3 is 2.72 bits per heavy atom. The number of rotatable bonds is 2. The predicted octanol–water partition coefficient (Wildman–Crippen LogP) is 1.87. The summed E-state index contributed by atoms with van der Waals surface area (Å²) in [6, 6.07) is 5.00. The van der Waals surface area contributed by atoms with Crippen molar-refractivity contribution in [3.63, 3.8) is 0 Å². The monoisotopic (exact) mass is 360 g/mol. The molecule has 1 amide bonds. The van der Waals surface area contributed by atoms with Crippen molar-refractivity contribution in [1.82, 2.24) is 10.6 Å². The molecule has 4 nitrogen and oxygen atoms in total. The molecule has 1 aliphatic heterocycles. The number of halogens is 1. The molecule has 1 fully saturated rings. The van der Waals surface area contributed by atoms with Crippen molar-refractivity contribution in [2.24, 2.45) is 0 Å². The number of carbonyl (C=O) groups excluding carboxylic acids is 1. The number of hydrogen-bond acceptors (Lipinski definition) is 3. The predicted molar refractivity (Wildman–Crippen MR) is 78.8 cm³/mol. The van der Waals surface area contributed by atoms with E-state index in [-0.39, 0.29) is 17.2 Å². The fraction of sp³-hybridized carbons (Fsp3) is 0.462. The van der Waals surface area contributed by atoms with Gasteiger partial charge in [-0.15, -0.1) is 0 Å². The van der Waals surface area contributed by atoms with Crippen LogP contribution in [0.15, 0.2) is 18.2 Å². The molecular formula is C13H17IN2O2. The minimum Gasteiger partial charge on any atom is -0.507 e. The van der Waals surface area contributed by atoms with Gasteiger partial charge in [0.15, 0.2) is 0 Å². The summed E-state index contributed by atoms with van der Waals surface area (Å²) in [4.78, 5) is 12.1. The fourth-order valence-corrected chi connectivity index (χ4v) is 2.44. The molecule has 1 heterocycles. The van der Waals surface area contributed by atoms with Crippen LogP contribution in [0, 0.1) is 3.57 Å². The summed E-state index contributed by atoms with van der Waals surface area (Å²) in [6.07, 6.45) is 1.85. The van der Waals surface area contributed by atoms with E-state index in [0.29, 0.717) is 5.56 Å². The van der Waals surface area contributed by atoms with E-state index >= 15 is 0 Å². The normalized spacial score (nSPS) is 18.3. The van der Waals surface area contributed by atoms with Crippen LogP contribution in [-0.2, 0) is 0 Å². The molecular weight excluding hydrogens is 343 g/mol. The Balaban J connectivity index is 2.09. The second-order valence-corrected chi connectivity index (χ2v) is 6.09.